The van der Waals surface area contributed by atoms with Gasteiger partial charge >= 0.3 is 14.4 Å². The van der Waals surface area contributed by atoms with Gasteiger partial charge in [-0.2, -0.15) is 0 Å². The molecule has 210 valence electrons. The summed E-state index contributed by atoms with van der Waals surface area (Å²) < 4.78 is 17.7. The fraction of sp³-hybridized carbons (Fsp3) is 0.235. The maximum atomic E-state index is 13.8. The zero-order valence-corrected chi connectivity index (χ0v) is 24.0. The predicted molar refractivity (Wildman–Crippen MR) is 161 cm³/mol. The molecule has 1 amide bonds. The third-order valence-electron chi connectivity index (χ3n) is 7.25. The summed E-state index contributed by atoms with van der Waals surface area (Å²) in [5.41, 5.74) is 2.33. The lowest BCUT2D eigenvalue weighted by atomic mass is 9.76. The van der Waals surface area contributed by atoms with Crippen LogP contribution in [0, 0.1) is 5.92 Å². The molecule has 3 unspecified atom stereocenters. The van der Waals surface area contributed by atoms with Crippen LogP contribution in [-0.4, -0.2) is 28.9 Å². The minimum atomic E-state index is -1.89. The summed E-state index contributed by atoms with van der Waals surface area (Å²) in [7, 11) is -1.20. The molecule has 0 saturated carbocycles. The molecule has 0 saturated heterocycles. The second-order valence-corrected chi connectivity index (χ2v) is 11.0. The van der Waals surface area contributed by atoms with E-state index in [-0.39, 0.29) is 31.8 Å². The third-order valence-corrected chi connectivity index (χ3v) is 8.13. The van der Waals surface area contributed by atoms with Gasteiger partial charge < -0.3 is 15.2 Å². The van der Waals surface area contributed by atoms with Crippen molar-refractivity contribution in [3.05, 3.63) is 144 Å². The van der Waals surface area contributed by atoms with E-state index in [1.807, 2.05) is 109 Å². The summed E-state index contributed by atoms with van der Waals surface area (Å²) in [6.07, 6.45) is -0.153. The first-order valence-electron chi connectivity index (χ1n) is 13.7. The summed E-state index contributed by atoms with van der Waals surface area (Å²) in [4.78, 5) is 26.9. The van der Waals surface area contributed by atoms with Gasteiger partial charge in [0.25, 0.3) is 5.34 Å². The normalized spacial score (nSPS) is 13.6. The zero-order valence-electron chi connectivity index (χ0n) is 23.0. The number of esters is 1. The predicted octanol–water partition coefficient (Wildman–Crippen LogP) is 6.01. The Morgan fingerprint density at radius 1 is 0.780 bits per heavy atom. The monoisotopic (exact) mass is 568 g/mol. The molecule has 3 atom stereocenters. The van der Waals surface area contributed by atoms with E-state index < -0.39 is 31.2 Å². The first-order chi connectivity index (χ1) is 19.9. The number of carbonyl (C=O) groups excluding carboxylic acids is 2. The molecule has 4 aromatic carbocycles. The molecule has 0 aliphatic carbocycles. The second kappa shape index (κ2) is 14.0. The minimum absolute atomic E-state index is 0.0110. The SMILES string of the molecule is CCOC(=O)C(CCC(=O)NC(c1ccccc1)(c1ccccc1)c1ccccc1)C(O)(Cc1ccccc1)[PH+]=O. The van der Waals surface area contributed by atoms with Crippen LogP contribution in [0.4, 0.5) is 0 Å². The van der Waals surface area contributed by atoms with Crippen molar-refractivity contribution in [2.45, 2.75) is 37.1 Å². The van der Waals surface area contributed by atoms with Gasteiger partial charge in [-0.3, -0.25) is 9.59 Å². The summed E-state index contributed by atoms with van der Waals surface area (Å²) in [5, 5.41) is 12.9. The highest BCUT2D eigenvalue weighted by molar-refractivity contribution is 7.25. The smallest absolute Gasteiger partial charge is 0.360 e. The Bertz CT molecular complexity index is 1320. The molecule has 2 N–H and O–H groups in total. The van der Waals surface area contributed by atoms with Gasteiger partial charge in [0.1, 0.15) is 11.5 Å². The summed E-state index contributed by atoms with van der Waals surface area (Å²) in [5.74, 6) is -2.17. The molecule has 4 rings (SSSR count). The number of ether oxygens (including phenoxy) is 1. The Morgan fingerprint density at radius 2 is 1.22 bits per heavy atom. The standard InChI is InChI=1S/C34H34NO5P/c1-2-40-32(37)30(33(38,41-39)25-26-15-7-3-8-16-26)23-24-31(36)35-34(27-17-9-4-10-18-27,28-19-11-5-12-20-28)29-21-13-6-14-22-29/h3-22,30,38H,2,23-25H2,1H3,(H,35,36)/p+1. The van der Waals surface area contributed by atoms with Crippen LogP contribution < -0.4 is 5.32 Å². The molecule has 0 aromatic heterocycles. The highest BCUT2D eigenvalue weighted by atomic mass is 31.1. The molecule has 0 radical (unpaired) electrons. The van der Waals surface area contributed by atoms with Gasteiger partial charge in [0.05, 0.1) is 6.61 Å². The molecule has 41 heavy (non-hydrogen) atoms. The molecular formula is C34H35NO5P+. The molecular weight excluding hydrogens is 533 g/mol. The Hall–Kier alpha value is -4.12. The number of hydrogen-bond donors (Lipinski definition) is 2. The fourth-order valence-electron chi connectivity index (χ4n) is 5.26. The summed E-state index contributed by atoms with van der Waals surface area (Å²) >= 11 is 0. The number of nitrogens with one attached hydrogen (secondary N) is 1. The Morgan fingerprint density at radius 3 is 1.63 bits per heavy atom. The summed E-state index contributed by atoms with van der Waals surface area (Å²) in [6, 6.07) is 38.2. The van der Waals surface area contributed by atoms with Crippen molar-refractivity contribution >= 4 is 20.3 Å². The minimum Gasteiger partial charge on any atom is -0.466 e. The lowest BCUT2D eigenvalue weighted by Gasteiger charge is -2.37. The van der Waals surface area contributed by atoms with Crippen LogP contribution in [-0.2, 0) is 30.9 Å². The lowest BCUT2D eigenvalue weighted by molar-refractivity contribution is -0.154. The second-order valence-electron chi connectivity index (χ2n) is 9.93. The van der Waals surface area contributed by atoms with E-state index in [0.717, 1.165) is 22.3 Å². The molecule has 0 bridgehead atoms. The van der Waals surface area contributed by atoms with Gasteiger partial charge in [-0.25, -0.2) is 0 Å². The third kappa shape index (κ3) is 6.97. The maximum Gasteiger partial charge on any atom is 0.360 e. The highest BCUT2D eigenvalue weighted by Crippen LogP contribution is 2.39. The van der Waals surface area contributed by atoms with Crippen molar-refractivity contribution in [1.29, 1.82) is 0 Å². The van der Waals surface area contributed by atoms with E-state index >= 15 is 0 Å². The first-order valence-corrected chi connectivity index (χ1v) is 14.6. The van der Waals surface area contributed by atoms with Crippen molar-refractivity contribution in [2.24, 2.45) is 5.92 Å². The van der Waals surface area contributed by atoms with Gasteiger partial charge in [0.2, 0.25) is 5.91 Å². The van der Waals surface area contributed by atoms with Crippen molar-refractivity contribution in [2.75, 3.05) is 6.61 Å². The van der Waals surface area contributed by atoms with E-state index in [4.69, 9.17) is 4.74 Å². The van der Waals surface area contributed by atoms with Gasteiger partial charge in [-0.15, -0.1) is 0 Å². The Kier molecular flexibility index (Phi) is 10.2. The van der Waals surface area contributed by atoms with Crippen LogP contribution in [0.5, 0.6) is 0 Å². The van der Waals surface area contributed by atoms with E-state index in [2.05, 4.69) is 5.32 Å². The number of rotatable bonds is 13. The van der Waals surface area contributed by atoms with E-state index in [1.54, 1.807) is 19.1 Å². The average molecular weight is 569 g/mol. The lowest BCUT2D eigenvalue weighted by Crippen LogP contribution is -2.48. The highest BCUT2D eigenvalue weighted by Gasteiger charge is 2.50. The molecule has 0 aliphatic heterocycles. The van der Waals surface area contributed by atoms with Crippen LogP contribution in [0.1, 0.15) is 42.0 Å². The zero-order chi connectivity index (χ0) is 29.1. The number of hydrogen-bond acceptors (Lipinski definition) is 5. The summed E-state index contributed by atoms with van der Waals surface area (Å²) in [6.45, 7) is 1.77. The quantitative estimate of drug-likeness (QED) is 0.117. The number of aliphatic hydroxyl groups is 1. The van der Waals surface area contributed by atoms with Gasteiger partial charge in [0.15, 0.2) is 0 Å². The van der Waals surface area contributed by atoms with Gasteiger partial charge in [-0.05, 0) is 35.6 Å². The topological polar surface area (TPSA) is 92.7 Å². The Balaban J connectivity index is 1.68. The van der Waals surface area contributed by atoms with Gasteiger partial charge in [0, 0.05) is 12.8 Å². The van der Waals surface area contributed by atoms with E-state index in [0.29, 0.717) is 0 Å². The first kappa shape index (κ1) is 29.9. The molecule has 7 heteroatoms. The van der Waals surface area contributed by atoms with Crippen molar-refractivity contribution in [3.63, 3.8) is 0 Å². The number of amides is 1. The van der Waals surface area contributed by atoms with Crippen LogP contribution in [0.2, 0.25) is 0 Å². The van der Waals surface area contributed by atoms with Gasteiger partial charge in [-0.1, -0.05) is 126 Å². The molecule has 0 aliphatic rings. The van der Waals surface area contributed by atoms with E-state index in [9.17, 15) is 19.3 Å². The average Bonchev–Trinajstić information content (AvgIpc) is 3.02. The van der Waals surface area contributed by atoms with Crippen LogP contribution >= 0.6 is 8.46 Å². The van der Waals surface area contributed by atoms with E-state index in [1.165, 1.54) is 0 Å². The molecule has 6 nitrogen and oxygen atoms in total. The number of benzene rings is 4. The molecule has 0 spiro atoms. The van der Waals surface area contributed by atoms with Crippen LogP contribution in [0.15, 0.2) is 121 Å². The van der Waals surface area contributed by atoms with Crippen molar-refractivity contribution in [3.8, 4) is 0 Å². The van der Waals surface area contributed by atoms with Crippen LogP contribution in [0.25, 0.3) is 0 Å². The molecule has 4 aromatic rings. The largest absolute Gasteiger partial charge is 0.466 e. The fourth-order valence-corrected chi connectivity index (χ4v) is 5.94. The number of carbonyl (C=O) groups is 2. The molecule has 0 heterocycles. The Labute approximate surface area is 242 Å². The molecule has 0 fully saturated rings. The van der Waals surface area contributed by atoms with Crippen LogP contribution in [0.3, 0.4) is 0 Å². The van der Waals surface area contributed by atoms with Crippen molar-refractivity contribution in [1.82, 2.24) is 5.32 Å². The van der Waals surface area contributed by atoms with Crippen molar-refractivity contribution < 1.29 is 24.0 Å². The maximum absolute atomic E-state index is 13.8.